The van der Waals surface area contributed by atoms with Crippen LogP contribution in [0.15, 0.2) is 16.3 Å². The number of unbranched alkanes of at least 4 members (excludes halogenated alkanes) is 1. The number of hydrogen-bond acceptors (Lipinski definition) is 4. The van der Waals surface area contributed by atoms with Crippen molar-refractivity contribution in [1.29, 1.82) is 0 Å². The predicted molar refractivity (Wildman–Crippen MR) is 88.8 cm³/mol. The quantitative estimate of drug-likeness (QED) is 0.764. The Morgan fingerprint density at radius 1 is 1.32 bits per heavy atom. The molecule has 22 heavy (non-hydrogen) atoms. The molecule has 0 saturated carbocycles. The van der Waals surface area contributed by atoms with Gasteiger partial charge in [-0.15, -0.1) is 11.3 Å². The molecule has 0 spiro atoms. The van der Waals surface area contributed by atoms with Crippen molar-refractivity contribution in [3.05, 3.63) is 16.3 Å². The van der Waals surface area contributed by atoms with Crippen LogP contribution in [-0.2, 0) is 10.0 Å². The summed E-state index contributed by atoms with van der Waals surface area (Å²) in [7, 11) is -3.54. The fraction of sp³-hybridized carbons (Fsp3) is 0.667. The number of carbonyl (C=O) groups is 1. The highest BCUT2D eigenvalue weighted by molar-refractivity contribution is 7.89. The molecule has 1 aromatic heterocycles. The van der Waals surface area contributed by atoms with Crippen molar-refractivity contribution in [2.45, 2.75) is 44.4 Å². The van der Waals surface area contributed by atoms with Gasteiger partial charge in [-0.1, -0.05) is 13.3 Å². The first-order valence-electron chi connectivity index (χ1n) is 7.89. The fourth-order valence-electron chi connectivity index (χ4n) is 2.62. The maximum atomic E-state index is 12.7. The first-order valence-corrected chi connectivity index (χ1v) is 10.2. The Balaban J connectivity index is 2.26. The third kappa shape index (κ3) is 3.52. The van der Waals surface area contributed by atoms with Crippen LogP contribution in [0.2, 0.25) is 0 Å². The first-order chi connectivity index (χ1) is 10.5. The predicted octanol–water partition coefficient (Wildman–Crippen LogP) is 2.79. The molecule has 0 N–H and O–H groups in total. The lowest BCUT2D eigenvalue weighted by atomic mass is 10.3. The molecule has 7 heteroatoms. The van der Waals surface area contributed by atoms with Crippen LogP contribution in [0.4, 0.5) is 0 Å². The molecule has 124 valence electrons. The van der Waals surface area contributed by atoms with Crippen molar-refractivity contribution in [2.24, 2.45) is 0 Å². The summed E-state index contributed by atoms with van der Waals surface area (Å²) in [5, 5.41) is 1.70. The molecule has 1 aliphatic rings. The Kier molecular flexibility index (Phi) is 6.00. The number of carbonyl (C=O) groups excluding carboxylic acids is 1. The molecule has 1 amide bonds. The van der Waals surface area contributed by atoms with Gasteiger partial charge in [-0.25, -0.2) is 8.42 Å². The molecule has 1 saturated heterocycles. The summed E-state index contributed by atoms with van der Waals surface area (Å²) in [6.07, 6.45) is 3.72. The molecule has 0 aliphatic carbocycles. The second-order valence-electron chi connectivity index (χ2n) is 5.46. The molecule has 1 aromatic rings. The van der Waals surface area contributed by atoms with E-state index in [-0.39, 0.29) is 10.8 Å². The summed E-state index contributed by atoms with van der Waals surface area (Å²) < 4.78 is 26.9. The molecule has 0 radical (unpaired) electrons. The van der Waals surface area contributed by atoms with Crippen molar-refractivity contribution < 1.29 is 13.2 Å². The molecule has 2 rings (SSSR count). The number of nitrogens with zero attached hydrogens (tertiary/aromatic N) is 2. The van der Waals surface area contributed by atoms with Gasteiger partial charge in [0.05, 0.1) is 0 Å². The van der Waals surface area contributed by atoms with Crippen molar-refractivity contribution >= 4 is 27.3 Å². The smallest absolute Gasteiger partial charge is 0.265 e. The van der Waals surface area contributed by atoms with Gasteiger partial charge in [0.1, 0.15) is 9.77 Å². The molecule has 0 bridgehead atoms. The third-order valence-electron chi connectivity index (χ3n) is 3.96. The number of hydrogen-bond donors (Lipinski definition) is 0. The highest BCUT2D eigenvalue weighted by atomic mass is 32.2. The fourth-order valence-corrected chi connectivity index (χ4v) is 5.50. The average molecular weight is 345 g/mol. The van der Waals surface area contributed by atoms with Crippen molar-refractivity contribution in [2.75, 3.05) is 26.2 Å². The summed E-state index contributed by atoms with van der Waals surface area (Å²) >= 11 is 1.22. The van der Waals surface area contributed by atoms with Gasteiger partial charge in [-0.3, -0.25) is 4.79 Å². The zero-order valence-electron chi connectivity index (χ0n) is 13.2. The van der Waals surface area contributed by atoms with E-state index in [1.807, 2.05) is 6.92 Å². The monoisotopic (exact) mass is 344 g/mol. The number of amides is 1. The second-order valence-corrected chi connectivity index (χ2v) is 8.29. The van der Waals surface area contributed by atoms with Crippen LogP contribution in [0.25, 0.3) is 0 Å². The van der Waals surface area contributed by atoms with Gasteiger partial charge >= 0.3 is 0 Å². The minimum atomic E-state index is -3.54. The summed E-state index contributed by atoms with van der Waals surface area (Å²) in [4.78, 5) is 14.9. The van der Waals surface area contributed by atoms with Crippen LogP contribution < -0.4 is 0 Å². The number of sulfonamides is 1. The van der Waals surface area contributed by atoms with Crippen molar-refractivity contribution in [1.82, 2.24) is 9.21 Å². The van der Waals surface area contributed by atoms with Gasteiger partial charge in [0, 0.05) is 26.2 Å². The van der Waals surface area contributed by atoms with E-state index in [2.05, 4.69) is 6.92 Å². The third-order valence-corrected chi connectivity index (χ3v) is 6.93. The van der Waals surface area contributed by atoms with E-state index in [1.54, 1.807) is 16.3 Å². The lowest BCUT2D eigenvalue weighted by Crippen LogP contribution is -2.34. The van der Waals surface area contributed by atoms with Gasteiger partial charge in [-0.05, 0) is 37.6 Å². The summed E-state index contributed by atoms with van der Waals surface area (Å²) in [5.74, 6) is -0.163. The molecule has 1 aliphatic heterocycles. The molecule has 2 heterocycles. The van der Waals surface area contributed by atoms with Crippen LogP contribution in [0.3, 0.4) is 0 Å². The Hall–Kier alpha value is -0.920. The Morgan fingerprint density at radius 2 is 2.00 bits per heavy atom. The van der Waals surface area contributed by atoms with Crippen molar-refractivity contribution in [3.63, 3.8) is 0 Å². The number of thiophene rings is 1. The van der Waals surface area contributed by atoms with E-state index in [4.69, 9.17) is 0 Å². The van der Waals surface area contributed by atoms with Crippen LogP contribution in [0.5, 0.6) is 0 Å². The molecule has 0 unspecified atom stereocenters. The van der Waals surface area contributed by atoms with Gasteiger partial charge < -0.3 is 4.90 Å². The zero-order valence-corrected chi connectivity index (χ0v) is 14.9. The number of rotatable bonds is 7. The van der Waals surface area contributed by atoms with Gasteiger partial charge in [0.15, 0.2) is 0 Å². The molecular formula is C15H24N2O3S2. The minimum Gasteiger partial charge on any atom is -0.338 e. The normalized spacial score (nSPS) is 16.1. The zero-order chi connectivity index (χ0) is 16.2. The van der Waals surface area contributed by atoms with E-state index in [0.29, 0.717) is 31.1 Å². The molecule has 5 nitrogen and oxygen atoms in total. The van der Waals surface area contributed by atoms with E-state index in [1.165, 1.54) is 15.6 Å². The van der Waals surface area contributed by atoms with E-state index >= 15 is 0 Å². The Labute approximate surface area is 137 Å². The van der Waals surface area contributed by atoms with Gasteiger partial charge in [0.25, 0.3) is 5.91 Å². The Bertz CT molecular complexity index is 604. The standard InChI is InChI=1S/C15H24N2O3S2/c1-3-5-9-16(4-2)15(18)14-13(8-12-21-14)22(19,20)17-10-6-7-11-17/h8,12H,3-7,9-11H2,1-2H3. The van der Waals surface area contributed by atoms with Crippen LogP contribution in [0.1, 0.15) is 49.2 Å². The summed E-state index contributed by atoms with van der Waals surface area (Å²) in [5.41, 5.74) is 0. The van der Waals surface area contributed by atoms with Crippen LogP contribution in [0, 0.1) is 0 Å². The molecule has 1 fully saturated rings. The van der Waals surface area contributed by atoms with Gasteiger partial charge in [0.2, 0.25) is 10.0 Å². The van der Waals surface area contributed by atoms with E-state index in [9.17, 15) is 13.2 Å². The second kappa shape index (κ2) is 7.57. The topological polar surface area (TPSA) is 57.7 Å². The lowest BCUT2D eigenvalue weighted by Gasteiger charge is -2.21. The highest BCUT2D eigenvalue weighted by Gasteiger charge is 2.32. The molecule has 0 aromatic carbocycles. The maximum absolute atomic E-state index is 12.7. The van der Waals surface area contributed by atoms with E-state index < -0.39 is 10.0 Å². The lowest BCUT2D eigenvalue weighted by molar-refractivity contribution is 0.0763. The summed E-state index contributed by atoms with van der Waals surface area (Å²) in [6.45, 7) is 6.38. The maximum Gasteiger partial charge on any atom is 0.265 e. The molecule has 0 atom stereocenters. The van der Waals surface area contributed by atoms with Crippen molar-refractivity contribution in [3.8, 4) is 0 Å². The highest BCUT2D eigenvalue weighted by Crippen LogP contribution is 2.28. The largest absolute Gasteiger partial charge is 0.338 e. The first kappa shape index (κ1) is 17.4. The Morgan fingerprint density at radius 3 is 2.59 bits per heavy atom. The summed E-state index contributed by atoms with van der Waals surface area (Å²) in [6, 6.07) is 1.57. The SMILES string of the molecule is CCCCN(CC)C(=O)c1sccc1S(=O)(=O)N1CCCC1. The molecular weight excluding hydrogens is 320 g/mol. The van der Waals surface area contributed by atoms with Crippen LogP contribution in [-0.4, -0.2) is 49.7 Å². The van der Waals surface area contributed by atoms with Crippen LogP contribution >= 0.6 is 11.3 Å². The van der Waals surface area contributed by atoms with E-state index in [0.717, 1.165) is 25.7 Å². The van der Waals surface area contributed by atoms with Gasteiger partial charge in [-0.2, -0.15) is 4.31 Å². The average Bonchev–Trinajstić information content (AvgIpc) is 3.19. The minimum absolute atomic E-state index is 0.163.